The van der Waals surface area contributed by atoms with Crippen LogP contribution in [0.3, 0.4) is 0 Å². The summed E-state index contributed by atoms with van der Waals surface area (Å²) in [5.41, 5.74) is 11.4. The first-order chi connectivity index (χ1) is 27.3. The Kier molecular flexibility index (Phi) is 7.20. The normalized spacial score (nSPS) is 13.6. The zero-order chi connectivity index (χ0) is 36.3. The number of nitrogens with zero attached hydrogens (tertiary/aromatic N) is 2. The van der Waals surface area contributed by atoms with Crippen molar-refractivity contribution < 1.29 is 4.74 Å². The molecule has 0 saturated carbocycles. The van der Waals surface area contributed by atoms with E-state index in [1.165, 1.54) is 60.2 Å². The number of para-hydroxylation sites is 3. The maximum absolute atomic E-state index is 6.41. The Morgan fingerprint density at radius 1 is 0.455 bits per heavy atom. The summed E-state index contributed by atoms with van der Waals surface area (Å²) in [6, 6.07) is 71.6. The lowest BCUT2D eigenvalue weighted by atomic mass is 9.99. The lowest BCUT2D eigenvalue weighted by Gasteiger charge is -2.26. The van der Waals surface area contributed by atoms with E-state index in [1.54, 1.807) is 0 Å². The highest BCUT2D eigenvalue weighted by molar-refractivity contribution is 6.16. The zero-order valence-electron chi connectivity index (χ0n) is 29.9. The molecule has 0 fully saturated rings. The summed E-state index contributed by atoms with van der Waals surface area (Å²) in [5.74, 6) is 0.880. The minimum absolute atomic E-state index is 0.218. The maximum Gasteiger partial charge on any atom is 0.196 e. The van der Waals surface area contributed by atoms with Crippen molar-refractivity contribution in [1.29, 1.82) is 0 Å². The van der Waals surface area contributed by atoms with Gasteiger partial charge in [0.25, 0.3) is 0 Å². The molecule has 2 heterocycles. The van der Waals surface area contributed by atoms with Gasteiger partial charge < -0.3 is 19.5 Å². The van der Waals surface area contributed by atoms with Gasteiger partial charge in [-0.2, -0.15) is 0 Å². The third kappa shape index (κ3) is 5.22. The lowest BCUT2D eigenvalue weighted by Crippen LogP contribution is -2.10. The molecule has 1 atom stereocenters. The van der Waals surface area contributed by atoms with Crippen LogP contribution in [0.15, 0.2) is 200 Å². The second kappa shape index (κ2) is 12.7. The molecule has 10 aromatic rings. The summed E-state index contributed by atoms with van der Waals surface area (Å²) >= 11 is 0. The topological polar surface area (TPSA) is 29.4 Å². The van der Waals surface area contributed by atoms with Crippen molar-refractivity contribution in [2.24, 2.45) is 0 Å². The van der Waals surface area contributed by atoms with Crippen molar-refractivity contribution in [3.8, 4) is 22.6 Å². The Morgan fingerprint density at radius 2 is 1.09 bits per heavy atom. The summed E-state index contributed by atoms with van der Waals surface area (Å²) in [7, 11) is 0. The fraction of sp³-hybridized carbons (Fsp3) is 0.0196. The van der Waals surface area contributed by atoms with E-state index in [-0.39, 0.29) is 6.23 Å². The van der Waals surface area contributed by atoms with Gasteiger partial charge in [0, 0.05) is 44.5 Å². The Hall–Kier alpha value is -7.30. The van der Waals surface area contributed by atoms with E-state index in [1.807, 2.05) is 6.07 Å². The van der Waals surface area contributed by atoms with Crippen LogP contribution < -0.4 is 15.0 Å². The average Bonchev–Trinajstić information content (AvgIpc) is 3.85. The highest BCUT2D eigenvalue weighted by Gasteiger charge is 2.26. The number of aromatic nitrogens is 1. The van der Waals surface area contributed by atoms with Gasteiger partial charge in [-0.25, -0.2) is 0 Å². The number of rotatable bonds is 6. The molecule has 0 aliphatic carbocycles. The summed E-state index contributed by atoms with van der Waals surface area (Å²) in [5, 5.41) is 10.9. The molecule has 0 amide bonds. The predicted octanol–water partition coefficient (Wildman–Crippen LogP) is 13.7. The molecule has 1 unspecified atom stereocenters. The van der Waals surface area contributed by atoms with Gasteiger partial charge in [-0.15, -0.1) is 0 Å². The van der Waals surface area contributed by atoms with Gasteiger partial charge in [0.05, 0.1) is 16.7 Å². The molecular formula is C51H35N3O. The Morgan fingerprint density at radius 3 is 1.91 bits per heavy atom. The van der Waals surface area contributed by atoms with Crippen molar-refractivity contribution in [2.45, 2.75) is 6.23 Å². The Balaban J connectivity index is 0.978. The second-order valence-electron chi connectivity index (χ2n) is 14.2. The summed E-state index contributed by atoms with van der Waals surface area (Å²) in [6.07, 6.45) is -0.218. The van der Waals surface area contributed by atoms with E-state index in [0.29, 0.717) is 0 Å². The van der Waals surface area contributed by atoms with Crippen LogP contribution in [0.25, 0.3) is 60.2 Å². The number of fused-ring (bicyclic) bond motifs is 8. The summed E-state index contributed by atoms with van der Waals surface area (Å²) in [6.45, 7) is 0. The standard InChI is InChI=1S/C51H35N3O/c1-4-12-36(13-5-1)51-52-50-48(55-51)31-25-35-20-21-38-32-42(28-29-43(38)49(35)50)53(39-14-6-2-7-15-39)41-26-22-34(23-27-41)37-24-30-47-45(33-37)44-18-10-11-19-46(44)54(47)40-16-8-3-9-17-40/h1-33,51-52H. The molecule has 11 rings (SSSR count). The third-order valence-corrected chi connectivity index (χ3v) is 11.0. The first kappa shape index (κ1) is 31.2. The van der Waals surface area contributed by atoms with Crippen LogP contribution >= 0.6 is 0 Å². The van der Waals surface area contributed by atoms with Crippen LogP contribution in [-0.4, -0.2) is 4.57 Å². The van der Waals surface area contributed by atoms with Crippen molar-refractivity contribution in [3.05, 3.63) is 206 Å². The SMILES string of the molecule is c1ccc(C2Nc3c(ccc4ccc5cc(N(c6ccccc6)c6ccc(-c7ccc8c(c7)c7ccccc7n8-c7ccccc7)cc6)ccc5c34)O2)cc1. The molecule has 0 saturated heterocycles. The van der Waals surface area contributed by atoms with Crippen molar-refractivity contribution in [3.63, 3.8) is 0 Å². The van der Waals surface area contributed by atoms with Crippen LogP contribution in [0.2, 0.25) is 0 Å². The number of hydrogen-bond acceptors (Lipinski definition) is 3. The van der Waals surface area contributed by atoms with E-state index >= 15 is 0 Å². The van der Waals surface area contributed by atoms with E-state index in [2.05, 4.69) is 209 Å². The number of ether oxygens (including phenoxy) is 1. The molecule has 260 valence electrons. The molecule has 0 spiro atoms. The highest BCUT2D eigenvalue weighted by atomic mass is 16.5. The summed E-state index contributed by atoms with van der Waals surface area (Å²) in [4.78, 5) is 2.34. The average molecular weight is 706 g/mol. The molecule has 55 heavy (non-hydrogen) atoms. The Bertz CT molecular complexity index is 3030. The van der Waals surface area contributed by atoms with Crippen LogP contribution in [0.4, 0.5) is 22.7 Å². The fourth-order valence-corrected chi connectivity index (χ4v) is 8.41. The van der Waals surface area contributed by atoms with Crippen molar-refractivity contribution >= 4 is 66.1 Å². The highest BCUT2D eigenvalue weighted by Crippen LogP contribution is 2.46. The first-order valence-electron chi connectivity index (χ1n) is 18.8. The van der Waals surface area contributed by atoms with E-state index < -0.39 is 0 Å². The molecule has 9 aromatic carbocycles. The zero-order valence-corrected chi connectivity index (χ0v) is 29.9. The van der Waals surface area contributed by atoms with E-state index in [9.17, 15) is 0 Å². The van der Waals surface area contributed by atoms with Gasteiger partial charge in [0.15, 0.2) is 6.23 Å². The monoisotopic (exact) mass is 705 g/mol. The van der Waals surface area contributed by atoms with E-state index in [0.717, 1.165) is 34.1 Å². The second-order valence-corrected chi connectivity index (χ2v) is 14.2. The van der Waals surface area contributed by atoms with Crippen LogP contribution in [0, 0.1) is 0 Å². The molecule has 1 aliphatic heterocycles. The van der Waals surface area contributed by atoms with Gasteiger partial charge in [0.1, 0.15) is 5.75 Å². The van der Waals surface area contributed by atoms with E-state index in [4.69, 9.17) is 4.74 Å². The first-order valence-corrected chi connectivity index (χ1v) is 18.8. The number of nitrogens with one attached hydrogen (secondary N) is 1. The van der Waals surface area contributed by atoms with Gasteiger partial charge in [-0.3, -0.25) is 0 Å². The number of hydrogen-bond donors (Lipinski definition) is 1. The maximum atomic E-state index is 6.41. The largest absolute Gasteiger partial charge is 0.464 e. The molecule has 0 radical (unpaired) electrons. The molecule has 1 aromatic heterocycles. The third-order valence-electron chi connectivity index (χ3n) is 11.0. The molecule has 1 N–H and O–H groups in total. The smallest absolute Gasteiger partial charge is 0.196 e. The quantitative estimate of drug-likeness (QED) is 0.175. The van der Waals surface area contributed by atoms with Gasteiger partial charge in [0.2, 0.25) is 0 Å². The number of anilines is 4. The van der Waals surface area contributed by atoms with Crippen LogP contribution in [0.5, 0.6) is 5.75 Å². The molecule has 1 aliphatic rings. The number of benzene rings is 9. The van der Waals surface area contributed by atoms with Gasteiger partial charge >= 0.3 is 0 Å². The minimum atomic E-state index is -0.218. The summed E-state index contributed by atoms with van der Waals surface area (Å²) < 4.78 is 8.77. The molecular weight excluding hydrogens is 671 g/mol. The minimum Gasteiger partial charge on any atom is -0.464 e. The predicted molar refractivity (Wildman–Crippen MR) is 229 cm³/mol. The van der Waals surface area contributed by atoms with Crippen molar-refractivity contribution in [1.82, 2.24) is 4.57 Å². The molecule has 0 bridgehead atoms. The molecule has 4 nitrogen and oxygen atoms in total. The van der Waals surface area contributed by atoms with Gasteiger partial charge in [-0.1, -0.05) is 127 Å². The van der Waals surface area contributed by atoms with Gasteiger partial charge in [-0.05, 0) is 100 Å². The van der Waals surface area contributed by atoms with Crippen molar-refractivity contribution in [2.75, 3.05) is 10.2 Å². The van der Waals surface area contributed by atoms with Crippen LogP contribution in [0.1, 0.15) is 11.8 Å². The Labute approximate surface area is 319 Å². The lowest BCUT2D eigenvalue weighted by molar-refractivity contribution is 0.260. The fourth-order valence-electron chi connectivity index (χ4n) is 8.41. The molecule has 4 heteroatoms. The van der Waals surface area contributed by atoms with Crippen LogP contribution in [-0.2, 0) is 0 Å².